The van der Waals surface area contributed by atoms with Gasteiger partial charge in [0.15, 0.2) is 0 Å². The van der Waals surface area contributed by atoms with Gasteiger partial charge < -0.3 is 5.11 Å². The zero-order chi connectivity index (χ0) is 23.5. The number of phenols is 1. The summed E-state index contributed by atoms with van der Waals surface area (Å²) in [5.74, 6) is 0.176. The van der Waals surface area contributed by atoms with Gasteiger partial charge in [0.05, 0.1) is 0 Å². The molecule has 180 valence electrons. The number of phenolic OH excluding ortho intramolecular Hbond substituents is 1. The molecule has 2 aromatic carbocycles. The van der Waals surface area contributed by atoms with Gasteiger partial charge in [0.25, 0.3) is 5.91 Å². The van der Waals surface area contributed by atoms with Crippen molar-refractivity contribution in [3.8, 4) is 16.9 Å². The van der Waals surface area contributed by atoms with Gasteiger partial charge in [-0.3, -0.25) is 20.0 Å². The van der Waals surface area contributed by atoms with Crippen LogP contribution in [0.3, 0.4) is 0 Å². The molecule has 3 saturated heterocycles. The first-order valence-corrected chi connectivity index (χ1v) is 12.7. The summed E-state index contributed by atoms with van der Waals surface area (Å²) in [4.78, 5) is 18.2. The summed E-state index contributed by atoms with van der Waals surface area (Å²) in [6.45, 7) is 9.76. The lowest BCUT2D eigenvalue weighted by atomic mass is 9.96. The molecule has 2 bridgehead atoms. The first-order chi connectivity index (χ1) is 16.6. The van der Waals surface area contributed by atoms with Crippen LogP contribution < -0.4 is 5.43 Å². The number of carbonyl (C=O) groups excluding carboxylic acids is 1. The van der Waals surface area contributed by atoms with Crippen molar-refractivity contribution >= 4 is 5.91 Å². The number of carbonyl (C=O) groups is 1. The fourth-order valence-electron chi connectivity index (χ4n) is 5.88. The topological polar surface area (TPSA) is 59.0 Å². The van der Waals surface area contributed by atoms with Crippen molar-refractivity contribution in [2.24, 2.45) is 0 Å². The van der Waals surface area contributed by atoms with E-state index in [0.717, 1.165) is 63.2 Å². The minimum atomic E-state index is -0.0650. The Kier molecular flexibility index (Phi) is 6.99. The van der Waals surface area contributed by atoms with Crippen LogP contribution in [0.1, 0.15) is 48.0 Å². The molecule has 2 atom stereocenters. The average molecular weight is 461 g/mol. The lowest BCUT2D eigenvalue weighted by Gasteiger charge is -2.29. The molecule has 1 amide bonds. The van der Waals surface area contributed by atoms with Crippen LogP contribution in [0.5, 0.6) is 5.75 Å². The molecule has 2 aromatic rings. The van der Waals surface area contributed by atoms with Crippen molar-refractivity contribution in [1.82, 2.24) is 20.2 Å². The first-order valence-electron chi connectivity index (χ1n) is 12.7. The monoisotopic (exact) mass is 460 g/mol. The molecular formula is C28H36N4O2. The number of benzene rings is 2. The summed E-state index contributed by atoms with van der Waals surface area (Å²) < 4.78 is 0. The van der Waals surface area contributed by atoms with Gasteiger partial charge in [-0.25, -0.2) is 5.01 Å². The maximum atomic E-state index is 13.0. The summed E-state index contributed by atoms with van der Waals surface area (Å²) in [7, 11) is 0. The Balaban J connectivity index is 1.43. The maximum Gasteiger partial charge on any atom is 0.265 e. The summed E-state index contributed by atoms with van der Waals surface area (Å²) in [5.41, 5.74) is 6.89. The quantitative estimate of drug-likeness (QED) is 0.611. The molecule has 0 saturated carbocycles. The van der Waals surface area contributed by atoms with Crippen LogP contribution in [0.4, 0.5) is 0 Å². The van der Waals surface area contributed by atoms with Crippen molar-refractivity contribution in [3.05, 3.63) is 66.2 Å². The van der Waals surface area contributed by atoms with E-state index in [4.69, 9.17) is 0 Å². The molecule has 0 spiro atoms. The van der Waals surface area contributed by atoms with Crippen LogP contribution in [0, 0.1) is 0 Å². The Bertz CT molecular complexity index is 1030. The fraction of sp³-hybridized carbons (Fsp3) is 0.464. The number of amides is 1. The third-order valence-corrected chi connectivity index (χ3v) is 7.65. The van der Waals surface area contributed by atoms with Gasteiger partial charge in [-0.15, -0.1) is 6.58 Å². The first kappa shape index (κ1) is 23.1. The fourth-order valence-corrected chi connectivity index (χ4v) is 5.88. The van der Waals surface area contributed by atoms with E-state index in [0.29, 0.717) is 17.6 Å². The predicted octanol–water partition coefficient (Wildman–Crippen LogP) is 4.02. The van der Waals surface area contributed by atoms with Crippen LogP contribution in [0.2, 0.25) is 0 Å². The van der Waals surface area contributed by atoms with Crippen LogP contribution in [-0.2, 0) is 6.54 Å². The molecule has 0 radical (unpaired) electrons. The van der Waals surface area contributed by atoms with Gasteiger partial charge >= 0.3 is 0 Å². The molecule has 3 heterocycles. The lowest BCUT2D eigenvalue weighted by Crippen LogP contribution is -2.40. The normalized spacial score (nSPS) is 23.6. The standard InChI is InChI=1S/C28H36N4O2/c1-2-13-30-16-12-24-10-11-25(20-30)32(24)19-23-9-8-22(28(34)29-31-14-3-4-15-31)18-27(23)21-6-5-7-26(33)17-21/h2,5-9,17-18,24-25,33H,1,3-4,10-16,19-20H2,(H,29,34). The number of likely N-dealkylation sites (tertiary alicyclic amines) is 1. The van der Waals surface area contributed by atoms with Gasteiger partial charge in [-0.2, -0.15) is 0 Å². The highest BCUT2D eigenvalue weighted by atomic mass is 16.3. The van der Waals surface area contributed by atoms with Crippen LogP contribution in [0.25, 0.3) is 11.1 Å². The maximum absolute atomic E-state index is 13.0. The van der Waals surface area contributed by atoms with Crippen molar-refractivity contribution in [3.63, 3.8) is 0 Å². The summed E-state index contributed by atoms with van der Waals surface area (Å²) in [6.07, 6.45) is 7.92. The number of hydrogen-bond donors (Lipinski definition) is 2. The van der Waals surface area contributed by atoms with E-state index < -0.39 is 0 Å². The zero-order valence-corrected chi connectivity index (χ0v) is 20.0. The molecule has 5 rings (SSSR count). The molecule has 34 heavy (non-hydrogen) atoms. The number of nitrogens with one attached hydrogen (secondary N) is 1. The molecule has 3 fully saturated rings. The van der Waals surface area contributed by atoms with E-state index in [1.54, 1.807) is 12.1 Å². The molecule has 0 aromatic heterocycles. The molecule has 3 aliphatic rings. The summed E-state index contributed by atoms with van der Waals surface area (Å²) in [6, 6.07) is 14.6. The third kappa shape index (κ3) is 5.04. The average Bonchev–Trinajstić information content (AvgIpc) is 3.43. The number of aromatic hydroxyl groups is 1. The van der Waals surface area contributed by atoms with E-state index in [2.05, 4.69) is 27.9 Å². The Morgan fingerprint density at radius 1 is 1.06 bits per heavy atom. The Morgan fingerprint density at radius 2 is 1.88 bits per heavy atom. The smallest absolute Gasteiger partial charge is 0.265 e. The Morgan fingerprint density at radius 3 is 2.68 bits per heavy atom. The molecule has 6 nitrogen and oxygen atoms in total. The van der Waals surface area contributed by atoms with Crippen LogP contribution in [0.15, 0.2) is 55.1 Å². The van der Waals surface area contributed by atoms with Gasteiger partial charge in [-0.05, 0) is 73.1 Å². The molecule has 3 aliphatic heterocycles. The Hall–Kier alpha value is -2.67. The number of rotatable bonds is 7. The second kappa shape index (κ2) is 10.3. The highest BCUT2D eigenvalue weighted by Gasteiger charge is 2.37. The minimum Gasteiger partial charge on any atom is -0.508 e. The molecule has 0 aliphatic carbocycles. The zero-order valence-electron chi connectivity index (χ0n) is 20.0. The summed E-state index contributed by atoms with van der Waals surface area (Å²) >= 11 is 0. The molecule has 2 unspecified atom stereocenters. The van der Waals surface area contributed by atoms with Crippen molar-refractivity contribution < 1.29 is 9.90 Å². The largest absolute Gasteiger partial charge is 0.508 e. The third-order valence-electron chi connectivity index (χ3n) is 7.65. The highest BCUT2D eigenvalue weighted by Crippen LogP contribution is 2.35. The van der Waals surface area contributed by atoms with E-state index in [9.17, 15) is 9.90 Å². The van der Waals surface area contributed by atoms with Crippen molar-refractivity contribution in [2.45, 2.75) is 50.7 Å². The van der Waals surface area contributed by atoms with Crippen molar-refractivity contribution in [1.29, 1.82) is 0 Å². The lowest BCUT2D eigenvalue weighted by molar-refractivity contribution is 0.0826. The minimum absolute atomic E-state index is 0.0650. The van der Waals surface area contributed by atoms with Gasteiger partial charge in [0, 0.05) is 56.9 Å². The Labute approximate surface area is 202 Å². The summed E-state index contributed by atoms with van der Waals surface area (Å²) in [5, 5.41) is 12.2. The van der Waals surface area contributed by atoms with E-state index >= 15 is 0 Å². The second-order valence-corrected chi connectivity index (χ2v) is 9.95. The van der Waals surface area contributed by atoms with Gasteiger partial charge in [-0.1, -0.05) is 24.3 Å². The highest BCUT2D eigenvalue weighted by molar-refractivity contribution is 5.95. The van der Waals surface area contributed by atoms with Crippen LogP contribution >= 0.6 is 0 Å². The molecule has 2 N–H and O–H groups in total. The number of hydrazine groups is 1. The van der Waals surface area contributed by atoms with Crippen LogP contribution in [-0.4, -0.2) is 70.6 Å². The van der Waals surface area contributed by atoms with E-state index in [-0.39, 0.29) is 11.7 Å². The van der Waals surface area contributed by atoms with Crippen molar-refractivity contribution in [2.75, 3.05) is 32.7 Å². The SMILES string of the molecule is C=CCN1CCC2CCC(C1)N2Cc1ccc(C(=O)NN2CCCC2)cc1-c1cccc(O)c1. The number of fused-ring (bicyclic) bond motifs is 2. The predicted molar refractivity (Wildman–Crippen MR) is 135 cm³/mol. The second-order valence-electron chi connectivity index (χ2n) is 9.95. The number of hydrogen-bond acceptors (Lipinski definition) is 5. The molecular weight excluding hydrogens is 424 g/mol. The van der Waals surface area contributed by atoms with E-state index in [1.165, 1.54) is 24.8 Å². The molecule has 6 heteroatoms. The van der Waals surface area contributed by atoms with Gasteiger partial charge in [0.1, 0.15) is 5.75 Å². The van der Waals surface area contributed by atoms with E-state index in [1.807, 2.05) is 35.4 Å². The number of nitrogens with zero attached hydrogens (tertiary/aromatic N) is 3. The van der Waals surface area contributed by atoms with Gasteiger partial charge in [0.2, 0.25) is 0 Å².